The first-order chi connectivity index (χ1) is 22.2. The number of fused-ring (bicyclic) bond motifs is 1. The molecular formula is C38H76O7Si2Sn. The molecule has 2 heterocycles. The van der Waals surface area contributed by atoms with Crippen LogP contribution in [0.4, 0.5) is 0 Å². The van der Waals surface area contributed by atoms with Crippen LogP contribution in [-0.4, -0.2) is 95.9 Å². The number of rotatable bonds is 18. The molecule has 2 saturated heterocycles. The van der Waals surface area contributed by atoms with Crippen molar-refractivity contribution in [2.24, 2.45) is 0 Å². The van der Waals surface area contributed by atoms with Gasteiger partial charge in [0.05, 0.1) is 7.11 Å². The zero-order chi connectivity index (χ0) is 36.6. The van der Waals surface area contributed by atoms with Gasteiger partial charge in [0.15, 0.2) is 0 Å². The van der Waals surface area contributed by atoms with Gasteiger partial charge in [0.1, 0.15) is 0 Å². The van der Waals surface area contributed by atoms with E-state index < -0.39 is 65.5 Å². The molecule has 0 aromatic heterocycles. The molecule has 0 spiro atoms. The normalized spacial score (nSPS) is 26.8. The molecule has 0 saturated carbocycles. The van der Waals surface area contributed by atoms with E-state index in [0.29, 0.717) is 6.42 Å². The van der Waals surface area contributed by atoms with Crippen molar-refractivity contribution in [1.82, 2.24) is 0 Å². The number of carbonyl (C=O) groups excluding carboxylic acids is 1. The summed E-state index contributed by atoms with van der Waals surface area (Å²) in [7, 11) is -3.26. The zero-order valence-electron chi connectivity index (χ0n) is 33.6. The maximum absolute atomic E-state index is 12.3. The van der Waals surface area contributed by atoms with Crippen molar-refractivity contribution < 1.29 is 33.0 Å². The van der Waals surface area contributed by atoms with Gasteiger partial charge >= 0.3 is 297 Å². The van der Waals surface area contributed by atoms with Gasteiger partial charge in [0.2, 0.25) is 0 Å². The summed E-state index contributed by atoms with van der Waals surface area (Å²) in [5, 5.41) is 12.2. The molecular weight excluding hydrogens is 743 g/mol. The van der Waals surface area contributed by atoms with E-state index in [2.05, 4.69) is 98.7 Å². The summed E-state index contributed by atoms with van der Waals surface area (Å²) in [5.74, 6) is -0.270. The number of esters is 1. The average molecular weight is 820 g/mol. The topological polar surface area (TPSA) is 83.5 Å². The first-order valence-corrected chi connectivity index (χ1v) is 32.8. The van der Waals surface area contributed by atoms with Crippen molar-refractivity contribution in [2.75, 3.05) is 7.11 Å². The van der Waals surface area contributed by atoms with Crippen LogP contribution in [0.25, 0.3) is 0 Å². The molecule has 7 atom stereocenters. The van der Waals surface area contributed by atoms with Gasteiger partial charge in [-0.3, -0.25) is 0 Å². The van der Waals surface area contributed by atoms with Crippen LogP contribution in [0.3, 0.4) is 0 Å². The fraction of sp³-hybridized carbons (Fsp3) is 0.921. The van der Waals surface area contributed by atoms with Crippen LogP contribution in [0.1, 0.15) is 120 Å². The van der Waals surface area contributed by atoms with Crippen molar-refractivity contribution in [3.63, 3.8) is 0 Å². The molecule has 1 N–H and O–H groups in total. The van der Waals surface area contributed by atoms with Crippen LogP contribution in [0, 0.1) is 0 Å². The summed E-state index contributed by atoms with van der Waals surface area (Å²) in [5.41, 5.74) is 0. The first kappa shape index (κ1) is 44.4. The third-order valence-electron chi connectivity index (χ3n) is 12.0. The Bertz CT molecular complexity index is 984. The molecule has 2 aliphatic heterocycles. The number of aliphatic hydroxyl groups is 1. The molecule has 0 radical (unpaired) electrons. The van der Waals surface area contributed by atoms with Crippen LogP contribution in [0.15, 0.2) is 10.2 Å². The van der Waals surface area contributed by atoms with E-state index in [9.17, 15) is 9.90 Å². The predicted molar refractivity (Wildman–Crippen MR) is 207 cm³/mol. The second-order valence-corrected chi connectivity index (χ2v) is 40.4. The Balaban J connectivity index is 2.67. The minimum absolute atomic E-state index is 0.0394. The van der Waals surface area contributed by atoms with Gasteiger partial charge in [0, 0.05) is 0 Å². The molecule has 0 aromatic carbocycles. The van der Waals surface area contributed by atoms with Crippen molar-refractivity contribution >= 4 is 41.0 Å². The number of hydrogen-bond donors (Lipinski definition) is 1. The Labute approximate surface area is 302 Å². The van der Waals surface area contributed by atoms with Crippen LogP contribution >= 0.6 is 0 Å². The Morgan fingerprint density at radius 3 is 1.75 bits per heavy atom. The fourth-order valence-electron chi connectivity index (χ4n) is 6.60. The van der Waals surface area contributed by atoms with Gasteiger partial charge in [-0.1, -0.05) is 0 Å². The van der Waals surface area contributed by atoms with E-state index >= 15 is 0 Å². The molecule has 10 heteroatoms. The summed E-state index contributed by atoms with van der Waals surface area (Å²) < 4.78 is 40.0. The average Bonchev–Trinajstić information content (AvgIpc) is 2.99. The summed E-state index contributed by atoms with van der Waals surface area (Å²) in [6, 6.07) is 0. The standard InChI is InChI=1S/C26H49O7Si2.3C4H9.Sn/c1-13-18(27)21-23(32-34(9,10)25(2,3)4)24(33-35(11,12)26(5,6)7)22-19(31-21)15-14-17(30-22)16-20(28)29-8;3*1-3-4-2;/h1,13,17-19,21-24,27H,14-16H2,2-12H3;3*1,3-4H2,2H3;/t17-,18+,19+,21+,22+,23-,24+;;;;/m1..../s1. The molecule has 282 valence electrons. The van der Waals surface area contributed by atoms with Gasteiger partial charge < -0.3 is 0 Å². The van der Waals surface area contributed by atoms with Gasteiger partial charge in [0.25, 0.3) is 0 Å². The van der Waals surface area contributed by atoms with E-state index in [1.165, 1.54) is 58.9 Å². The van der Waals surface area contributed by atoms with Crippen LogP contribution in [0.2, 0.25) is 49.6 Å². The summed E-state index contributed by atoms with van der Waals surface area (Å²) in [4.78, 5) is 12.3. The third-order valence-corrected chi connectivity index (χ3v) is 35.0. The molecule has 0 aromatic rings. The SMILES string of the molecule is CCC[CH2][Sn](/[CH]=C/[C@H](O)[C@@H]1O[C@H]2CC[C@H](CC(=O)OC)O[C@@H]2[C@H](O[Si](C)(C)C(C)(C)C)[C@@H]1O[Si](C)(C)C(C)(C)C)([CH2]CCC)[CH2]CCC. The minimum atomic E-state index is -2.68. The molecule has 2 fully saturated rings. The van der Waals surface area contributed by atoms with E-state index in [1.807, 2.05) is 0 Å². The van der Waals surface area contributed by atoms with Gasteiger partial charge in [-0.05, 0) is 0 Å². The molecule has 7 nitrogen and oxygen atoms in total. The Morgan fingerprint density at radius 2 is 1.31 bits per heavy atom. The summed E-state index contributed by atoms with van der Waals surface area (Å²) >= 11 is -2.68. The molecule has 2 rings (SSSR count). The molecule has 0 aliphatic carbocycles. The molecule has 0 bridgehead atoms. The second kappa shape index (κ2) is 18.8. The first-order valence-electron chi connectivity index (χ1n) is 19.3. The van der Waals surface area contributed by atoms with Crippen molar-refractivity contribution in [3.05, 3.63) is 10.2 Å². The van der Waals surface area contributed by atoms with Gasteiger partial charge in [-0.25, -0.2) is 0 Å². The number of aliphatic hydroxyl groups excluding tert-OH is 1. The molecule has 0 unspecified atom stereocenters. The summed E-state index contributed by atoms with van der Waals surface area (Å²) in [6.45, 7) is 29.5. The van der Waals surface area contributed by atoms with Crippen LogP contribution in [-0.2, 0) is 27.9 Å². The number of ether oxygens (including phenoxy) is 3. The van der Waals surface area contributed by atoms with E-state index in [0.717, 1.165) is 6.42 Å². The Hall–Kier alpha value is 0.242. The number of methoxy groups -OCH3 is 1. The van der Waals surface area contributed by atoms with Crippen molar-refractivity contribution in [2.45, 2.75) is 212 Å². The Morgan fingerprint density at radius 1 is 0.833 bits per heavy atom. The number of hydrogen-bond acceptors (Lipinski definition) is 7. The van der Waals surface area contributed by atoms with E-state index in [-0.39, 0.29) is 34.7 Å². The van der Waals surface area contributed by atoms with Crippen LogP contribution < -0.4 is 0 Å². The molecule has 48 heavy (non-hydrogen) atoms. The van der Waals surface area contributed by atoms with Crippen molar-refractivity contribution in [1.29, 1.82) is 0 Å². The maximum atomic E-state index is 12.3. The predicted octanol–water partition coefficient (Wildman–Crippen LogP) is 9.95. The second-order valence-electron chi connectivity index (χ2n) is 17.9. The third kappa shape index (κ3) is 12.2. The van der Waals surface area contributed by atoms with E-state index in [4.69, 9.17) is 23.1 Å². The van der Waals surface area contributed by atoms with Crippen molar-refractivity contribution in [3.8, 4) is 0 Å². The molecule has 0 amide bonds. The van der Waals surface area contributed by atoms with E-state index in [1.54, 1.807) is 0 Å². The van der Waals surface area contributed by atoms with Gasteiger partial charge in [-0.2, -0.15) is 0 Å². The quantitative estimate of drug-likeness (QED) is 0.109. The molecule has 2 aliphatic rings. The fourth-order valence-corrected chi connectivity index (χ4v) is 23.6. The Kier molecular flexibility index (Phi) is 17.4. The number of carbonyl (C=O) groups is 1. The van der Waals surface area contributed by atoms with Crippen LogP contribution in [0.5, 0.6) is 0 Å². The zero-order valence-corrected chi connectivity index (χ0v) is 38.4. The summed E-state index contributed by atoms with van der Waals surface area (Å²) in [6.07, 6.45) is 8.00. The number of unbranched alkanes of at least 4 members (excludes halogenated alkanes) is 3. The van der Waals surface area contributed by atoms with Gasteiger partial charge in [-0.15, -0.1) is 0 Å². The monoisotopic (exact) mass is 820 g/mol.